The molecule has 20 heavy (non-hydrogen) atoms. The number of carbonyl (C=O) groups excluding carboxylic acids is 1. The Kier molecular flexibility index (Phi) is 4.48. The molecule has 1 aromatic rings. The van der Waals surface area contributed by atoms with E-state index in [1.165, 1.54) is 16.7 Å². The van der Waals surface area contributed by atoms with Crippen molar-refractivity contribution < 1.29 is 4.79 Å². The molecule has 3 heteroatoms. The van der Waals surface area contributed by atoms with Gasteiger partial charge in [-0.3, -0.25) is 10.1 Å². The van der Waals surface area contributed by atoms with Gasteiger partial charge in [0.05, 0.1) is 6.04 Å². The molecule has 1 aliphatic rings. The highest BCUT2D eigenvalue weighted by Gasteiger charge is 2.37. The zero-order chi connectivity index (χ0) is 14.9. The molecule has 1 amide bonds. The first kappa shape index (κ1) is 15.0. The van der Waals surface area contributed by atoms with E-state index >= 15 is 0 Å². The van der Waals surface area contributed by atoms with Crippen molar-refractivity contribution in [3.8, 4) is 0 Å². The van der Waals surface area contributed by atoms with Crippen molar-refractivity contribution >= 4 is 5.91 Å². The lowest BCUT2D eigenvalue weighted by Gasteiger charge is -2.28. The average molecular weight is 274 g/mol. The first-order chi connectivity index (χ1) is 9.43. The van der Waals surface area contributed by atoms with Crippen LogP contribution in [0.3, 0.4) is 0 Å². The Balaban J connectivity index is 2.32. The van der Waals surface area contributed by atoms with Gasteiger partial charge >= 0.3 is 0 Å². The van der Waals surface area contributed by atoms with Crippen molar-refractivity contribution in [2.24, 2.45) is 5.92 Å². The summed E-state index contributed by atoms with van der Waals surface area (Å²) >= 11 is 0. The van der Waals surface area contributed by atoms with Crippen molar-refractivity contribution in [1.29, 1.82) is 0 Å². The number of nitrogens with one attached hydrogen (secondary N) is 1. The zero-order valence-electron chi connectivity index (χ0n) is 13.2. The molecule has 1 heterocycles. The second-order valence-electron chi connectivity index (χ2n) is 6.15. The van der Waals surface area contributed by atoms with Gasteiger partial charge in [-0.05, 0) is 37.8 Å². The minimum absolute atomic E-state index is 0.0198. The van der Waals surface area contributed by atoms with Crippen LogP contribution in [0, 0.1) is 19.8 Å². The third-order valence-electron chi connectivity index (χ3n) is 4.31. The fourth-order valence-corrected chi connectivity index (χ4v) is 2.75. The van der Waals surface area contributed by atoms with E-state index < -0.39 is 0 Å². The lowest BCUT2D eigenvalue weighted by Crippen LogP contribution is -2.34. The van der Waals surface area contributed by atoms with Gasteiger partial charge in [0.1, 0.15) is 6.17 Å². The largest absolute Gasteiger partial charge is 0.321 e. The summed E-state index contributed by atoms with van der Waals surface area (Å²) in [6.07, 6.45) is 1.11. The Hall–Kier alpha value is -1.35. The van der Waals surface area contributed by atoms with E-state index in [-0.39, 0.29) is 18.1 Å². The van der Waals surface area contributed by atoms with E-state index in [2.05, 4.69) is 51.2 Å². The van der Waals surface area contributed by atoms with E-state index in [0.29, 0.717) is 5.92 Å². The summed E-state index contributed by atoms with van der Waals surface area (Å²) in [5.41, 5.74) is 3.71. The SMILES string of the molecule is CCC(C)CN1C(=O)C(C)NC1c1cc(C)ccc1C. The molecule has 1 saturated heterocycles. The number of amides is 1. The fraction of sp³-hybridized carbons (Fsp3) is 0.588. The molecule has 3 atom stereocenters. The molecule has 1 N–H and O–H groups in total. The zero-order valence-corrected chi connectivity index (χ0v) is 13.2. The quantitative estimate of drug-likeness (QED) is 0.914. The minimum Gasteiger partial charge on any atom is -0.321 e. The van der Waals surface area contributed by atoms with Gasteiger partial charge in [0, 0.05) is 6.54 Å². The average Bonchev–Trinajstić information content (AvgIpc) is 2.69. The summed E-state index contributed by atoms with van der Waals surface area (Å²) in [5.74, 6) is 0.745. The molecule has 0 bridgehead atoms. The third-order valence-corrected chi connectivity index (χ3v) is 4.31. The molecule has 0 spiro atoms. The summed E-state index contributed by atoms with van der Waals surface area (Å²) in [6, 6.07) is 6.37. The highest BCUT2D eigenvalue weighted by atomic mass is 16.2. The Morgan fingerprint density at radius 2 is 2.05 bits per heavy atom. The minimum atomic E-state index is -0.0935. The lowest BCUT2D eigenvalue weighted by atomic mass is 10.0. The van der Waals surface area contributed by atoms with Crippen LogP contribution in [0.1, 0.15) is 50.0 Å². The number of aryl methyl sites for hydroxylation is 2. The number of benzene rings is 1. The van der Waals surface area contributed by atoms with Crippen LogP contribution in [-0.2, 0) is 4.79 Å². The molecule has 3 unspecified atom stereocenters. The van der Waals surface area contributed by atoms with Crippen molar-refractivity contribution in [1.82, 2.24) is 10.2 Å². The Morgan fingerprint density at radius 3 is 2.70 bits per heavy atom. The van der Waals surface area contributed by atoms with Gasteiger partial charge in [0.15, 0.2) is 0 Å². The molecule has 0 saturated carbocycles. The van der Waals surface area contributed by atoms with Crippen LogP contribution in [0.4, 0.5) is 0 Å². The predicted molar refractivity (Wildman–Crippen MR) is 82.4 cm³/mol. The molecule has 0 aliphatic carbocycles. The van der Waals surface area contributed by atoms with Crippen molar-refractivity contribution in [2.75, 3.05) is 6.54 Å². The van der Waals surface area contributed by atoms with E-state index in [1.54, 1.807) is 0 Å². The summed E-state index contributed by atoms with van der Waals surface area (Å²) in [6.45, 7) is 11.4. The molecule has 1 fully saturated rings. The number of rotatable bonds is 4. The second-order valence-corrected chi connectivity index (χ2v) is 6.15. The van der Waals surface area contributed by atoms with Crippen molar-refractivity contribution in [2.45, 2.75) is 53.2 Å². The van der Waals surface area contributed by atoms with E-state index in [0.717, 1.165) is 13.0 Å². The molecular formula is C17H26N2O. The Labute approximate surface area is 122 Å². The van der Waals surface area contributed by atoms with Gasteiger partial charge in [-0.1, -0.05) is 44.0 Å². The molecule has 0 aromatic heterocycles. The van der Waals surface area contributed by atoms with Crippen LogP contribution in [0.5, 0.6) is 0 Å². The highest BCUT2D eigenvalue weighted by Crippen LogP contribution is 2.29. The maximum Gasteiger partial charge on any atom is 0.241 e. The third kappa shape index (κ3) is 2.88. The summed E-state index contributed by atoms with van der Waals surface area (Å²) in [4.78, 5) is 14.4. The van der Waals surface area contributed by atoms with Crippen LogP contribution in [-0.4, -0.2) is 23.4 Å². The van der Waals surface area contributed by atoms with E-state index in [9.17, 15) is 4.79 Å². The van der Waals surface area contributed by atoms with Crippen LogP contribution in [0.2, 0.25) is 0 Å². The van der Waals surface area contributed by atoms with E-state index in [4.69, 9.17) is 0 Å². The Morgan fingerprint density at radius 1 is 1.35 bits per heavy atom. The van der Waals surface area contributed by atoms with Gasteiger partial charge in [-0.2, -0.15) is 0 Å². The van der Waals surface area contributed by atoms with E-state index in [1.807, 2.05) is 11.8 Å². The van der Waals surface area contributed by atoms with Gasteiger partial charge in [0.2, 0.25) is 5.91 Å². The lowest BCUT2D eigenvalue weighted by molar-refractivity contribution is -0.130. The van der Waals surface area contributed by atoms with Crippen LogP contribution in [0.15, 0.2) is 18.2 Å². The predicted octanol–water partition coefficient (Wildman–Crippen LogP) is 3.17. The smallest absolute Gasteiger partial charge is 0.241 e. The van der Waals surface area contributed by atoms with Crippen LogP contribution >= 0.6 is 0 Å². The van der Waals surface area contributed by atoms with Crippen LogP contribution in [0.25, 0.3) is 0 Å². The number of hydrogen-bond donors (Lipinski definition) is 1. The van der Waals surface area contributed by atoms with Crippen molar-refractivity contribution in [3.63, 3.8) is 0 Å². The Bertz CT molecular complexity index is 498. The first-order valence-electron chi connectivity index (χ1n) is 7.57. The number of nitrogens with zero attached hydrogens (tertiary/aromatic N) is 1. The molecular weight excluding hydrogens is 248 g/mol. The van der Waals surface area contributed by atoms with Gasteiger partial charge < -0.3 is 4.90 Å². The molecule has 110 valence electrons. The normalized spacial score (nSPS) is 24.2. The molecule has 1 aromatic carbocycles. The van der Waals surface area contributed by atoms with Crippen molar-refractivity contribution in [3.05, 3.63) is 34.9 Å². The molecule has 0 radical (unpaired) electrons. The standard InChI is InChI=1S/C17H26N2O/c1-6-11(2)10-19-16(18-14(5)17(19)20)15-9-12(3)7-8-13(15)4/h7-9,11,14,16,18H,6,10H2,1-5H3. The highest BCUT2D eigenvalue weighted by molar-refractivity contribution is 5.84. The number of carbonyl (C=O) groups is 1. The van der Waals surface area contributed by atoms with Gasteiger partial charge in [0.25, 0.3) is 0 Å². The molecule has 1 aliphatic heterocycles. The first-order valence-corrected chi connectivity index (χ1v) is 7.57. The summed E-state index contributed by atoms with van der Waals surface area (Å²) < 4.78 is 0. The monoisotopic (exact) mass is 274 g/mol. The number of hydrogen-bond acceptors (Lipinski definition) is 2. The maximum absolute atomic E-state index is 12.4. The fourth-order valence-electron chi connectivity index (χ4n) is 2.75. The molecule has 2 rings (SSSR count). The van der Waals surface area contributed by atoms with Crippen LogP contribution < -0.4 is 5.32 Å². The summed E-state index contributed by atoms with van der Waals surface area (Å²) in [7, 11) is 0. The topological polar surface area (TPSA) is 32.3 Å². The maximum atomic E-state index is 12.4. The second kappa shape index (κ2) is 5.96. The molecule has 3 nitrogen and oxygen atoms in total. The summed E-state index contributed by atoms with van der Waals surface area (Å²) in [5, 5.41) is 3.44. The van der Waals surface area contributed by atoms with Gasteiger partial charge in [-0.25, -0.2) is 0 Å². The van der Waals surface area contributed by atoms with Gasteiger partial charge in [-0.15, -0.1) is 0 Å².